The predicted molar refractivity (Wildman–Crippen MR) is 80.1 cm³/mol. The first-order valence-corrected chi connectivity index (χ1v) is 7.45. The molecule has 0 aliphatic heterocycles. The Morgan fingerprint density at radius 3 is 2.47 bits per heavy atom. The minimum Gasteiger partial charge on any atom is -0.480 e. The van der Waals surface area contributed by atoms with Crippen molar-refractivity contribution in [2.45, 2.75) is 31.7 Å². The Balaban J connectivity index is 2.24. The summed E-state index contributed by atoms with van der Waals surface area (Å²) in [5.74, 6) is -1.12. The molecule has 1 aliphatic carbocycles. The fraction of sp³-hybridized carbons (Fsp3) is 0.429. The van der Waals surface area contributed by atoms with Crippen LogP contribution in [0.1, 0.15) is 36.0 Å². The Morgan fingerprint density at radius 1 is 1.26 bits per heavy atom. The van der Waals surface area contributed by atoms with Crippen LogP contribution < -0.4 is 0 Å². The molecule has 0 atom stereocenters. The number of carboxylic acids is 1. The third-order valence-electron chi connectivity index (χ3n) is 3.44. The molecule has 0 aromatic heterocycles. The minimum absolute atomic E-state index is 0.0691. The maximum atomic E-state index is 12.5. The highest BCUT2D eigenvalue weighted by Gasteiger charge is 2.29. The van der Waals surface area contributed by atoms with Gasteiger partial charge in [0, 0.05) is 9.61 Å². The summed E-state index contributed by atoms with van der Waals surface area (Å²) in [6.45, 7) is -0.214. The van der Waals surface area contributed by atoms with Gasteiger partial charge in [-0.15, -0.1) is 0 Å². The van der Waals surface area contributed by atoms with Gasteiger partial charge in [0.15, 0.2) is 0 Å². The molecule has 1 aliphatic rings. The van der Waals surface area contributed by atoms with Crippen molar-refractivity contribution in [3.8, 4) is 0 Å². The molecule has 4 nitrogen and oxygen atoms in total. The minimum atomic E-state index is -0.953. The molecular formula is C14H16INO3. The highest BCUT2D eigenvalue weighted by Crippen LogP contribution is 2.25. The molecule has 1 saturated carbocycles. The van der Waals surface area contributed by atoms with Crippen LogP contribution in [-0.4, -0.2) is 34.5 Å². The molecule has 0 bridgehead atoms. The van der Waals surface area contributed by atoms with Crippen molar-refractivity contribution in [3.05, 3.63) is 33.4 Å². The Morgan fingerprint density at radius 2 is 1.89 bits per heavy atom. The van der Waals surface area contributed by atoms with E-state index in [1.165, 1.54) is 4.90 Å². The van der Waals surface area contributed by atoms with Gasteiger partial charge in [-0.3, -0.25) is 9.59 Å². The number of carbonyl (C=O) groups excluding carboxylic acids is 1. The average molecular weight is 373 g/mol. The van der Waals surface area contributed by atoms with Crippen LogP contribution in [0.25, 0.3) is 0 Å². The van der Waals surface area contributed by atoms with Crippen LogP contribution in [0.2, 0.25) is 0 Å². The molecule has 2 rings (SSSR count). The smallest absolute Gasteiger partial charge is 0.323 e. The van der Waals surface area contributed by atoms with E-state index in [4.69, 9.17) is 5.11 Å². The lowest BCUT2D eigenvalue weighted by Gasteiger charge is -2.27. The molecule has 1 aromatic rings. The van der Waals surface area contributed by atoms with Gasteiger partial charge in [-0.2, -0.15) is 0 Å². The normalized spacial score (nSPS) is 15.4. The lowest BCUT2D eigenvalue weighted by atomic mass is 10.1. The molecule has 0 heterocycles. The molecule has 19 heavy (non-hydrogen) atoms. The van der Waals surface area contributed by atoms with E-state index < -0.39 is 5.97 Å². The highest BCUT2D eigenvalue weighted by atomic mass is 127. The van der Waals surface area contributed by atoms with Gasteiger partial charge in [0.2, 0.25) is 0 Å². The van der Waals surface area contributed by atoms with Crippen molar-refractivity contribution in [1.29, 1.82) is 0 Å². The molecular weight excluding hydrogens is 357 g/mol. The van der Waals surface area contributed by atoms with Gasteiger partial charge < -0.3 is 10.0 Å². The Hall–Kier alpha value is -1.11. The fourth-order valence-corrected chi connectivity index (χ4v) is 3.14. The van der Waals surface area contributed by atoms with Crippen LogP contribution in [0.4, 0.5) is 0 Å². The predicted octanol–water partition coefficient (Wildman–Crippen LogP) is 2.76. The number of carboxylic acid groups (broad SMARTS) is 1. The second-order valence-electron chi connectivity index (χ2n) is 4.74. The molecule has 1 fully saturated rings. The van der Waals surface area contributed by atoms with Gasteiger partial charge in [-0.25, -0.2) is 0 Å². The topological polar surface area (TPSA) is 57.6 Å². The number of carbonyl (C=O) groups is 2. The summed E-state index contributed by atoms with van der Waals surface area (Å²) in [6.07, 6.45) is 3.95. The highest BCUT2D eigenvalue weighted by molar-refractivity contribution is 14.1. The molecule has 5 heteroatoms. The van der Waals surface area contributed by atoms with Crippen molar-refractivity contribution in [2.75, 3.05) is 6.54 Å². The summed E-state index contributed by atoms with van der Waals surface area (Å²) >= 11 is 2.11. The molecule has 1 amide bonds. The monoisotopic (exact) mass is 373 g/mol. The Labute approximate surface area is 125 Å². The van der Waals surface area contributed by atoms with Crippen LogP contribution in [0.15, 0.2) is 24.3 Å². The number of benzene rings is 1. The van der Waals surface area contributed by atoms with Gasteiger partial charge in [0.1, 0.15) is 6.54 Å². The molecule has 0 unspecified atom stereocenters. The van der Waals surface area contributed by atoms with Crippen LogP contribution >= 0.6 is 22.6 Å². The maximum absolute atomic E-state index is 12.5. The van der Waals surface area contributed by atoms with Crippen LogP contribution in [0, 0.1) is 3.57 Å². The van der Waals surface area contributed by atoms with Crippen molar-refractivity contribution in [3.63, 3.8) is 0 Å². The second-order valence-corrected chi connectivity index (χ2v) is 5.91. The van der Waals surface area contributed by atoms with Gasteiger partial charge in [0.25, 0.3) is 5.91 Å². The number of amides is 1. The summed E-state index contributed by atoms with van der Waals surface area (Å²) < 4.78 is 0.860. The van der Waals surface area contributed by atoms with Crippen LogP contribution in [-0.2, 0) is 4.79 Å². The fourth-order valence-electron chi connectivity index (χ4n) is 2.52. The number of hydrogen-bond acceptors (Lipinski definition) is 2. The van der Waals surface area contributed by atoms with E-state index >= 15 is 0 Å². The first-order valence-electron chi connectivity index (χ1n) is 6.37. The van der Waals surface area contributed by atoms with Crippen molar-refractivity contribution >= 4 is 34.5 Å². The van der Waals surface area contributed by atoms with Crippen LogP contribution in [0.3, 0.4) is 0 Å². The lowest BCUT2D eigenvalue weighted by molar-refractivity contribution is -0.138. The molecule has 102 valence electrons. The van der Waals surface area contributed by atoms with E-state index in [2.05, 4.69) is 22.6 Å². The van der Waals surface area contributed by atoms with E-state index in [0.717, 1.165) is 29.3 Å². The molecule has 0 radical (unpaired) electrons. The average Bonchev–Trinajstić information content (AvgIpc) is 2.89. The summed E-state index contributed by atoms with van der Waals surface area (Å²) in [6, 6.07) is 7.37. The van der Waals surface area contributed by atoms with Gasteiger partial charge in [0.05, 0.1) is 5.56 Å². The Bertz CT molecular complexity index is 483. The van der Waals surface area contributed by atoms with Crippen molar-refractivity contribution in [2.24, 2.45) is 0 Å². The number of nitrogens with zero attached hydrogens (tertiary/aromatic N) is 1. The van der Waals surface area contributed by atoms with Crippen molar-refractivity contribution < 1.29 is 14.7 Å². The largest absolute Gasteiger partial charge is 0.480 e. The first-order chi connectivity index (χ1) is 9.09. The van der Waals surface area contributed by atoms with Gasteiger partial charge in [-0.05, 0) is 47.6 Å². The lowest BCUT2D eigenvalue weighted by Crippen LogP contribution is -2.42. The summed E-state index contributed by atoms with van der Waals surface area (Å²) in [7, 11) is 0. The Kier molecular flexibility index (Phi) is 4.79. The zero-order valence-electron chi connectivity index (χ0n) is 10.5. The number of rotatable bonds is 4. The first kappa shape index (κ1) is 14.3. The van der Waals surface area contributed by atoms with E-state index in [-0.39, 0.29) is 18.5 Å². The van der Waals surface area contributed by atoms with Crippen LogP contribution in [0.5, 0.6) is 0 Å². The second kappa shape index (κ2) is 6.36. The molecule has 1 aromatic carbocycles. The summed E-state index contributed by atoms with van der Waals surface area (Å²) in [4.78, 5) is 25.1. The number of aliphatic carboxylic acids is 1. The maximum Gasteiger partial charge on any atom is 0.323 e. The van der Waals surface area contributed by atoms with E-state index in [1.54, 1.807) is 6.07 Å². The molecule has 0 saturated heterocycles. The van der Waals surface area contributed by atoms with Gasteiger partial charge in [-0.1, -0.05) is 25.0 Å². The number of halogens is 1. The summed E-state index contributed by atoms with van der Waals surface area (Å²) in [5, 5.41) is 9.01. The third-order valence-corrected chi connectivity index (χ3v) is 4.38. The van der Waals surface area contributed by atoms with Gasteiger partial charge >= 0.3 is 5.97 Å². The number of hydrogen-bond donors (Lipinski definition) is 1. The SMILES string of the molecule is O=C(O)CN(C(=O)c1ccccc1I)C1CCCC1. The quantitative estimate of drug-likeness (QED) is 0.826. The molecule has 1 N–H and O–H groups in total. The van der Waals surface area contributed by atoms with E-state index in [9.17, 15) is 9.59 Å². The van der Waals surface area contributed by atoms with E-state index in [1.807, 2.05) is 18.2 Å². The zero-order valence-corrected chi connectivity index (χ0v) is 12.7. The standard InChI is InChI=1S/C14H16INO3/c15-12-8-4-3-7-11(12)14(19)16(9-13(17)18)10-5-1-2-6-10/h3-4,7-8,10H,1-2,5-6,9H2,(H,17,18). The zero-order chi connectivity index (χ0) is 13.8. The summed E-state index contributed by atoms with van der Waals surface area (Å²) in [5.41, 5.74) is 0.594. The molecule has 0 spiro atoms. The van der Waals surface area contributed by atoms with E-state index in [0.29, 0.717) is 5.56 Å². The van der Waals surface area contributed by atoms with Crippen molar-refractivity contribution in [1.82, 2.24) is 4.90 Å². The third kappa shape index (κ3) is 3.46.